The van der Waals surface area contributed by atoms with Crippen LogP contribution in [0.2, 0.25) is 5.02 Å². The van der Waals surface area contributed by atoms with Gasteiger partial charge in [0.15, 0.2) is 0 Å². The molecular weight excluding hydrogens is 382 g/mol. The van der Waals surface area contributed by atoms with Crippen molar-refractivity contribution in [3.63, 3.8) is 0 Å². The summed E-state index contributed by atoms with van der Waals surface area (Å²) in [5, 5.41) is 2.37. The monoisotopic (exact) mass is 394 g/mol. The number of carbonyl (C=O) groups is 2. The number of hydrogen-bond donors (Lipinski definition) is 1. The van der Waals surface area contributed by atoms with E-state index in [2.05, 4.69) is 5.32 Å². The van der Waals surface area contributed by atoms with Crippen molar-refractivity contribution in [3.8, 4) is 5.75 Å². The summed E-state index contributed by atoms with van der Waals surface area (Å²) >= 11 is 11.8. The fourth-order valence-electron chi connectivity index (χ4n) is 2.46. The van der Waals surface area contributed by atoms with Gasteiger partial charge in [-0.25, -0.2) is 9.29 Å². The van der Waals surface area contributed by atoms with Crippen LogP contribution in [0, 0.1) is 5.82 Å². The van der Waals surface area contributed by atoms with E-state index in [1.165, 1.54) is 12.1 Å². The van der Waals surface area contributed by atoms with Crippen molar-refractivity contribution in [2.45, 2.75) is 6.92 Å². The highest BCUT2D eigenvalue weighted by molar-refractivity contribution is 6.53. The minimum atomic E-state index is -0.726. The number of imide groups is 1. The Balaban J connectivity index is 1.93. The molecule has 0 aromatic heterocycles. The Bertz CT molecular complexity index is 930. The average molecular weight is 395 g/mol. The molecule has 0 unspecified atom stereocenters. The lowest BCUT2D eigenvalue weighted by Crippen LogP contribution is -2.32. The lowest BCUT2D eigenvalue weighted by atomic mass is 10.2. The molecule has 134 valence electrons. The first-order valence-corrected chi connectivity index (χ1v) is 8.42. The molecule has 0 bridgehead atoms. The second-order valence-corrected chi connectivity index (χ2v) is 6.07. The van der Waals surface area contributed by atoms with Gasteiger partial charge in [0.2, 0.25) is 0 Å². The SMILES string of the molecule is CCOc1ccccc1NC1=C(Cl)C(=O)N(c2ccc(F)c(Cl)c2)C1=O. The molecule has 1 aliphatic heterocycles. The van der Waals surface area contributed by atoms with E-state index < -0.39 is 17.6 Å². The fourth-order valence-corrected chi connectivity index (χ4v) is 2.84. The highest BCUT2D eigenvalue weighted by Gasteiger charge is 2.39. The maximum atomic E-state index is 13.4. The Morgan fingerprint density at radius 2 is 1.85 bits per heavy atom. The number of anilines is 2. The number of carbonyl (C=O) groups excluding carboxylic acids is 2. The van der Waals surface area contributed by atoms with Gasteiger partial charge in [-0.2, -0.15) is 0 Å². The summed E-state index contributed by atoms with van der Waals surface area (Å²) in [4.78, 5) is 26.0. The minimum Gasteiger partial charge on any atom is -0.492 e. The number of hydrogen-bond acceptors (Lipinski definition) is 4. The van der Waals surface area contributed by atoms with Crippen LogP contribution in [0.3, 0.4) is 0 Å². The Morgan fingerprint density at radius 3 is 2.54 bits per heavy atom. The van der Waals surface area contributed by atoms with Crippen molar-refractivity contribution in [2.24, 2.45) is 0 Å². The first-order valence-electron chi connectivity index (χ1n) is 7.66. The molecule has 8 heteroatoms. The molecule has 1 N–H and O–H groups in total. The van der Waals surface area contributed by atoms with Crippen molar-refractivity contribution in [1.82, 2.24) is 0 Å². The van der Waals surface area contributed by atoms with E-state index in [-0.39, 0.29) is 21.4 Å². The highest BCUT2D eigenvalue weighted by atomic mass is 35.5. The number of rotatable bonds is 5. The Hall–Kier alpha value is -2.57. The zero-order chi connectivity index (χ0) is 18.8. The molecule has 1 heterocycles. The third kappa shape index (κ3) is 3.25. The summed E-state index contributed by atoms with van der Waals surface area (Å²) in [6.07, 6.45) is 0. The van der Waals surface area contributed by atoms with Gasteiger partial charge in [0, 0.05) is 0 Å². The zero-order valence-electron chi connectivity index (χ0n) is 13.6. The van der Waals surface area contributed by atoms with Gasteiger partial charge < -0.3 is 10.1 Å². The zero-order valence-corrected chi connectivity index (χ0v) is 15.1. The smallest absolute Gasteiger partial charge is 0.283 e. The van der Waals surface area contributed by atoms with E-state index in [1.54, 1.807) is 24.3 Å². The number of nitrogens with zero attached hydrogens (tertiary/aromatic N) is 1. The maximum Gasteiger partial charge on any atom is 0.283 e. The van der Waals surface area contributed by atoms with Crippen LogP contribution < -0.4 is 15.0 Å². The van der Waals surface area contributed by atoms with Crippen molar-refractivity contribution >= 4 is 46.4 Å². The maximum absolute atomic E-state index is 13.4. The van der Waals surface area contributed by atoms with Crippen molar-refractivity contribution in [3.05, 3.63) is 64.0 Å². The highest BCUT2D eigenvalue weighted by Crippen LogP contribution is 2.34. The molecule has 0 saturated carbocycles. The van der Waals surface area contributed by atoms with E-state index in [0.717, 1.165) is 11.0 Å². The van der Waals surface area contributed by atoms with Crippen LogP contribution in [0.4, 0.5) is 15.8 Å². The van der Waals surface area contributed by atoms with Gasteiger partial charge in [-0.3, -0.25) is 9.59 Å². The molecule has 1 aliphatic rings. The van der Waals surface area contributed by atoms with E-state index >= 15 is 0 Å². The number of halogens is 3. The van der Waals surface area contributed by atoms with Crippen LogP contribution in [0.25, 0.3) is 0 Å². The first-order chi connectivity index (χ1) is 12.4. The van der Waals surface area contributed by atoms with Gasteiger partial charge in [-0.1, -0.05) is 35.3 Å². The van der Waals surface area contributed by atoms with Crippen molar-refractivity contribution < 1.29 is 18.7 Å². The number of nitrogens with one attached hydrogen (secondary N) is 1. The molecule has 2 amide bonds. The summed E-state index contributed by atoms with van der Waals surface area (Å²) in [7, 11) is 0. The number of ether oxygens (including phenoxy) is 1. The molecule has 0 fully saturated rings. The third-order valence-corrected chi connectivity index (χ3v) is 4.28. The van der Waals surface area contributed by atoms with Crippen molar-refractivity contribution in [2.75, 3.05) is 16.8 Å². The van der Waals surface area contributed by atoms with Gasteiger partial charge in [0.1, 0.15) is 22.3 Å². The summed E-state index contributed by atoms with van der Waals surface area (Å²) in [6, 6.07) is 10.5. The molecule has 26 heavy (non-hydrogen) atoms. The normalized spacial score (nSPS) is 14.2. The quantitative estimate of drug-likeness (QED) is 0.767. The summed E-state index contributed by atoms with van der Waals surface area (Å²) in [6.45, 7) is 2.26. The van der Waals surface area contributed by atoms with Crippen LogP contribution in [0.5, 0.6) is 5.75 Å². The Morgan fingerprint density at radius 1 is 1.12 bits per heavy atom. The van der Waals surface area contributed by atoms with Crippen molar-refractivity contribution in [1.29, 1.82) is 0 Å². The van der Waals surface area contributed by atoms with Crippen LogP contribution in [0.1, 0.15) is 6.92 Å². The summed E-state index contributed by atoms with van der Waals surface area (Å²) < 4.78 is 18.8. The third-order valence-electron chi connectivity index (χ3n) is 3.64. The first kappa shape index (κ1) is 18.2. The van der Waals surface area contributed by atoms with Gasteiger partial charge in [0.05, 0.1) is 23.0 Å². The largest absolute Gasteiger partial charge is 0.492 e. The fraction of sp³-hybridized carbons (Fsp3) is 0.111. The molecule has 2 aromatic rings. The topological polar surface area (TPSA) is 58.6 Å². The van der Waals surface area contributed by atoms with Crippen LogP contribution in [0.15, 0.2) is 53.2 Å². The molecule has 2 aromatic carbocycles. The number of amides is 2. The molecule has 0 atom stereocenters. The van der Waals surface area contributed by atoms with Crippen LogP contribution in [-0.2, 0) is 9.59 Å². The molecular formula is C18H13Cl2FN2O3. The minimum absolute atomic E-state index is 0.0933. The Kier molecular flexibility index (Phi) is 5.15. The lowest BCUT2D eigenvalue weighted by Gasteiger charge is -2.16. The van der Waals surface area contributed by atoms with Gasteiger partial charge in [0.25, 0.3) is 11.8 Å². The van der Waals surface area contributed by atoms with Gasteiger partial charge in [-0.05, 0) is 37.3 Å². The predicted octanol–water partition coefficient (Wildman–Crippen LogP) is 4.31. The van der Waals surface area contributed by atoms with Gasteiger partial charge in [-0.15, -0.1) is 0 Å². The van der Waals surface area contributed by atoms with E-state index in [0.29, 0.717) is 18.0 Å². The number of benzene rings is 2. The lowest BCUT2D eigenvalue weighted by molar-refractivity contribution is -0.120. The van der Waals surface area contributed by atoms with E-state index in [1.807, 2.05) is 6.92 Å². The number of para-hydroxylation sites is 2. The van der Waals surface area contributed by atoms with E-state index in [4.69, 9.17) is 27.9 Å². The van der Waals surface area contributed by atoms with Crippen LogP contribution in [-0.4, -0.2) is 18.4 Å². The molecule has 0 saturated heterocycles. The average Bonchev–Trinajstić information content (AvgIpc) is 2.83. The van der Waals surface area contributed by atoms with Crippen LogP contribution >= 0.6 is 23.2 Å². The second kappa shape index (κ2) is 7.35. The molecule has 0 spiro atoms. The molecule has 0 aliphatic carbocycles. The molecule has 0 radical (unpaired) electrons. The molecule has 5 nitrogen and oxygen atoms in total. The summed E-state index contributed by atoms with van der Waals surface area (Å²) in [5.74, 6) is -1.54. The van der Waals surface area contributed by atoms with E-state index in [9.17, 15) is 14.0 Å². The second-order valence-electron chi connectivity index (χ2n) is 5.29. The predicted molar refractivity (Wildman–Crippen MR) is 98.0 cm³/mol. The Labute approximate surface area is 159 Å². The summed E-state index contributed by atoms with van der Waals surface area (Å²) in [5.41, 5.74) is 0.520. The van der Waals surface area contributed by atoms with Gasteiger partial charge >= 0.3 is 0 Å². The molecule has 3 rings (SSSR count). The standard InChI is InChI=1S/C18H13Cl2FN2O3/c1-2-26-14-6-4-3-5-13(14)22-16-15(20)17(24)23(18(16)25)10-7-8-12(21)11(19)9-10/h3-9,22H,2H2,1H3.